The average molecular weight is 426 g/mol. The fraction of sp³-hybridized carbons (Fsp3) is 0.348. The Kier molecular flexibility index (Phi) is 7.23. The molecule has 0 aliphatic carbocycles. The molecular weight excluding hydrogens is 399 g/mol. The molecule has 3 aromatic rings. The van der Waals surface area contributed by atoms with Crippen LogP contribution in [0.5, 0.6) is 5.75 Å². The number of hydrogen-bond acceptors (Lipinski definition) is 5. The summed E-state index contributed by atoms with van der Waals surface area (Å²) in [5.74, 6) is 1.00. The molecule has 7 nitrogen and oxygen atoms in total. The summed E-state index contributed by atoms with van der Waals surface area (Å²) in [6.45, 7) is 3.50. The van der Waals surface area contributed by atoms with Crippen LogP contribution < -0.4 is 10.1 Å². The van der Waals surface area contributed by atoms with Crippen LogP contribution in [-0.4, -0.2) is 35.9 Å². The molecule has 0 fully saturated rings. The summed E-state index contributed by atoms with van der Waals surface area (Å²) in [6, 6.07) is 10.1. The van der Waals surface area contributed by atoms with Crippen molar-refractivity contribution < 1.29 is 18.7 Å². The lowest BCUT2D eigenvalue weighted by Gasteiger charge is -2.22. The highest BCUT2D eigenvalue weighted by Gasteiger charge is 2.23. The van der Waals surface area contributed by atoms with Gasteiger partial charge in [0.25, 0.3) is 0 Å². The standard InChI is InChI=1S/C23H27FN4O3/c1-5-6-19(31-20(25-3)13-15-7-9-16(24)10-8-15)17-11-12-18-21(22(17)30-4)28-23(27-18)26-14(2)29/h7-12,19H,5-6,13H2,1-4H3,(H2,26,27,28,29). The van der Waals surface area contributed by atoms with E-state index in [4.69, 9.17) is 9.47 Å². The van der Waals surface area contributed by atoms with Crippen molar-refractivity contribution in [2.45, 2.75) is 39.2 Å². The molecule has 164 valence electrons. The number of anilines is 1. The molecule has 1 heterocycles. The molecule has 3 rings (SSSR count). The summed E-state index contributed by atoms with van der Waals surface area (Å²) in [4.78, 5) is 23.2. The van der Waals surface area contributed by atoms with Gasteiger partial charge in [-0.25, -0.2) is 9.37 Å². The second-order valence-corrected chi connectivity index (χ2v) is 7.17. The molecule has 2 aromatic carbocycles. The molecule has 1 atom stereocenters. The van der Waals surface area contributed by atoms with Gasteiger partial charge in [0.05, 0.1) is 12.6 Å². The number of amides is 1. The van der Waals surface area contributed by atoms with Crippen molar-refractivity contribution in [1.29, 1.82) is 0 Å². The van der Waals surface area contributed by atoms with Crippen LogP contribution >= 0.6 is 0 Å². The van der Waals surface area contributed by atoms with E-state index in [2.05, 4.69) is 27.2 Å². The fourth-order valence-corrected chi connectivity index (χ4v) is 3.41. The summed E-state index contributed by atoms with van der Waals surface area (Å²) >= 11 is 0. The number of nitrogens with one attached hydrogen (secondary N) is 2. The Morgan fingerprint density at radius 3 is 2.61 bits per heavy atom. The number of carbonyl (C=O) groups excluding carboxylic acids is 1. The molecule has 0 saturated carbocycles. The minimum atomic E-state index is -0.301. The maximum Gasteiger partial charge on any atom is 0.223 e. The van der Waals surface area contributed by atoms with E-state index in [9.17, 15) is 9.18 Å². The van der Waals surface area contributed by atoms with Crippen molar-refractivity contribution in [2.75, 3.05) is 19.5 Å². The molecule has 0 spiro atoms. The Morgan fingerprint density at radius 2 is 2.00 bits per heavy atom. The number of imidazole rings is 1. The van der Waals surface area contributed by atoms with Gasteiger partial charge in [-0.05, 0) is 36.2 Å². The van der Waals surface area contributed by atoms with Gasteiger partial charge in [0.15, 0.2) is 11.6 Å². The number of rotatable bonds is 8. The van der Waals surface area contributed by atoms with Crippen LogP contribution in [0.25, 0.3) is 11.0 Å². The zero-order valence-electron chi connectivity index (χ0n) is 18.2. The number of aliphatic imine (C=N–C) groups is 1. The summed E-state index contributed by atoms with van der Waals surface area (Å²) in [5, 5.41) is 2.65. The first-order valence-corrected chi connectivity index (χ1v) is 10.2. The minimum Gasteiger partial charge on any atom is -0.494 e. The summed E-state index contributed by atoms with van der Waals surface area (Å²) in [7, 11) is 3.26. The lowest BCUT2D eigenvalue weighted by Crippen LogP contribution is -2.15. The van der Waals surface area contributed by atoms with Gasteiger partial charge in [-0.3, -0.25) is 15.1 Å². The van der Waals surface area contributed by atoms with Crippen LogP contribution in [0, 0.1) is 5.82 Å². The van der Waals surface area contributed by atoms with Crippen molar-refractivity contribution in [2.24, 2.45) is 4.99 Å². The molecule has 2 N–H and O–H groups in total. The molecule has 31 heavy (non-hydrogen) atoms. The number of carbonyl (C=O) groups is 1. The predicted molar refractivity (Wildman–Crippen MR) is 119 cm³/mol. The van der Waals surface area contributed by atoms with Crippen LogP contribution in [0.15, 0.2) is 41.4 Å². The largest absolute Gasteiger partial charge is 0.494 e. The zero-order valence-corrected chi connectivity index (χ0v) is 18.2. The molecule has 1 unspecified atom stereocenters. The smallest absolute Gasteiger partial charge is 0.223 e. The van der Waals surface area contributed by atoms with Gasteiger partial charge in [0.2, 0.25) is 11.9 Å². The first-order valence-electron chi connectivity index (χ1n) is 10.2. The monoisotopic (exact) mass is 426 g/mol. The number of methoxy groups -OCH3 is 1. The van der Waals surface area contributed by atoms with E-state index in [0.717, 1.165) is 29.5 Å². The van der Waals surface area contributed by atoms with Crippen molar-refractivity contribution >= 4 is 28.8 Å². The first kappa shape index (κ1) is 22.3. The zero-order chi connectivity index (χ0) is 22.4. The van der Waals surface area contributed by atoms with Crippen molar-refractivity contribution in [1.82, 2.24) is 9.97 Å². The van der Waals surface area contributed by atoms with E-state index in [0.29, 0.717) is 29.5 Å². The van der Waals surface area contributed by atoms with Crippen molar-refractivity contribution in [3.63, 3.8) is 0 Å². The lowest BCUT2D eigenvalue weighted by atomic mass is 10.0. The normalized spacial score (nSPS) is 12.6. The number of ether oxygens (including phenoxy) is 2. The topological polar surface area (TPSA) is 88.6 Å². The van der Waals surface area contributed by atoms with Crippen molar-refractivity contribution in [3.05, 3.63) is 53.3 Å². The van der Waals surface area contributed by atoms with Crippen LogP contribution in [-0.2, 0) is 16.0 Å². The Bertz CT molecular complexity index is 1080. The van der Waals surface area contributed by atoms with E-state index < -0.39 is 0 Å². The van der Waals surface area contributed by atoms with Crippen LogP contribution in [0.1, 0.15) is 43.9 Å². The van der Waals surface area contributed by atoms with Crippen LogP contribution in [0.4, 0.5) is 10.3 Å². The number of benzene rings is 2. The average Bonchev–Trinajstić information content (AvgIpc) is 3.15. The van der Waals surface area contributed by atoms with Crippen LogP contribution in [0.2, 0.25) is 0 Å². The maximum atomic E-state index is 13.2. The number of hydrogen-bond donors (Lipinski definition) is 2. The highest BCUT2D eigenvalue weighted by Crippen LogP contribution is 2.37. The number of H-pyrrole nitrogens is 1. The summed E-state index contributed by atoms with van der Waals surface area (Å²) in [6.07, 6.45) is 1.78. The number of aromatic amines is 1. The highest BCUT2D eigenvalue weighted by atomic mass is 19.1. The molecule has 8 heteroatoms. The van der Waals surface area contributed by atoms with Crippen molar-refractivity contribution in [3.8, 4) is 5.75 Å². The van der Waals surface area contributed by atoms with E-state index >= 15 is 0 Å². The van der Waals surface area contributed by atoms with Gasteiger partial charge < -0.3 is 14.5 Å². The predicted octanol–water partition coefficient (Wildman–Crippen LogP) is 4.80. The molecule has 1 aromatic heterocycles. The third kappa shape index (κ3) is 5.39. The quantitative estimate of drug-likeness (QED) is 0.400. The number of aromatic nitrogens is 2. The molecule has 1 amide bonds. The van der Waals surface area contributed by atoms with Gasteiger partial charge in [-0.15, -0.1) is 0 Å². The number of fused-ring (bicyclic) bond motifs is 1. The SMILES string of the molecule is CCCC(OC(Cc1ccc(F)cc1)=NC)c1ccc2[nH]c(NC(C)=O)nc2c1OC. The molecule has 0 radical (unpaired) electrons. The van der Waals surface area contributed by atoms with E-state index in [1.54, 1.807) is 26.3 Å². The molecular formula is C23H27FN4O3. The van der Waals surface area contributed by atoms with Crippen LogP contribution in [0.3, 0.4) is 0 Å². The molecule has 0 bridgehead atoms. The van der Waals surface area contributed by atoms with Gasteiger partial charge in [0, 0.05) is 26.0 Å². The third-order valence-corrected chi connectivity index (χ3v) is 4.83. The Morgan fingerprint density at radius 1 is 1.26 bits per heavy atom. The maximum absolute atomic E-state index is 13.2. The molecule has 0 saturated heterocycles. The minimum absolute atomic E-state index is 0.213. The van der Waals surface area contributed by atoms with Gasteiger partial charge >= 0.3 is 0 Å². The number of halogens is 1. The summed E-state index contributed by atoms with van der Waals surface area (Å²) < 4.78 is 25.2. The Balaban J connectivity index is 1.91. The summed E-state index contributed by atoms with van der Waals surface area (Å²) in [5.41, 5.74) is 3.11. The Hall–Kier alpha value is -3.42. The number of nitrogens with zero attached hydrogens (tertiary/aromatic N) is 2. The van der Waals surface area contributed by atoms with E-state index in [1.165, 1.54) is 19.1 Å². The Labute approximate surface area is 180 Å². The molecule has 0 aliphatic rings. The first-order chi connectivity index (χ1) is 14.9. The van der Waals surface area contributed by atoms with E-state index in [1.807, 2.05) is 12.1 Å². The lowest BCUT2D eigenvalue weighted by molar-refractivity contribution is -0.114. The second-order valence-electron chi connectivity index (χ2n) is 7.17. The highest BCUT2D eigenvalue weighted by molar-refractivity contribution is 5.91. The van der Waals surface area contributed by atoms with E-state index in [-0.39, 0.29) is 17.8 Å². The van der Waals surface area contributed by atoms with Gasteiger partial charge in [-0.2, -0.15) is 0 Å². The van der Waals surface area contributed by atoms with Gasteiger partial charge in [0.1, 0.15) is 17.4 Å². The van der Waals surface area contributed by atoms with Gasteiger partial charge in [-0.1, -0.05) is 25.5 Å². The fourth-order valence-electron chi connectivity index (χ4n) is 3.41. The second kappa shape index (κ2) is 10.1. The third-order valence-electron chi connectivity index (χ3n) is 4.83. The molecule has 0 aliphatic heterocycles.